The molecule has 0 saturated heterocycles. The van der Waals surface area contributed by atoms with Crippen molar-refractivity contribution in [3.8, 4) is 11.5 Å². The molecular formula is C13H19BrO4. The first-order valence-electron chi connectivity index (χ1n) is 5.70. The van der Waals surface area contributed by atoms with Gasteiger partial charge in [0.25, 0.3) is 0 Å². The first-order valence-corrected chi connectivity index (χ1v) is 6.50. The maximum absolute atomic E-state index is 10.1. The minimum Gasteiger partial charge on any atom is -0.493 e. The molecule has 0 aliphatic heterocycles. The first-order chi connectivity index (χ1) is 8.49. The minimum atomic E-state index is -0.707. The van der Waals surface area contributed by atoms with Gasteiger partial charge in [-0.1, -0.05) is 15.9 Å². The van der Waals surface area contributed by atoms with Crippen LogP contribution in [-0.4, -0.2) is 32.0 Å². The molecule has 4 nitrogen and oxygen atoms in total. The van der Waals surface area contributed by atoms with Crippen LogP contribution in [0, 0.1) is 0 Å². The van der Waals surface area contributed by atoms with E-state index in [1.54, 1.807) is 26.4 Å². The van der Waals surface area contributed by atoms with Gasteiger partial charge >= 0.3 is 0 Å². The van der Waals surface area contributed by atoms with Gasteiger partial charge in [0.15, 0.2) is 11.5 Å². The molecule has 0 saturated carbocycles. The predicted octanol–water partition coefficient (Wildman–Crippen LogP) is 2.92. The summed E-state index contributed by atoms with van der Waals surface area (Å²) in [7, 11) is 3.13. The number of halogens is 1. The molecule has 18 heavy (non-hydrogen) atoms. The van der Waals surface area contributed by atoms with Crippen LogP contribution >= 0.6 is 15.9 Å². The van der Waals surface area contributed by atoms with Crippen molar-refractivity contribution in [2.75, 3.05) is 20.8 Å². The normalized spacial score (nSPS) is 12.6. The molecule has 0 fully saturated rings. The van der Waals surface area contributed by atoms with Crippen LogP contribution < -0.4 is 9.47 Å². The van der Waals surface area contributed by atoms with E-state index in [-0.39, 0.29) is 12.7 Å². The van der Waals surface area contributed by atoms with Gasteiger partial charge < -0.3 is 19.3 Å². The van der Waals surface area contributed by atoms with E-state index in [1.165, 1.54) is 0 Å². The van der Waals surface area contributed by atoms with Crippen molar-refractivity contribution < 1.29 is 19.3 Å². The molecular weight excluding hydrogens is 300 g/mol. The number of rotatable bonds is 6. The molecule has 102 valence electrons. The Bertz CT molecular complexity index is 393. The molecule has 0 aromatic heterocycles. The quantitative estimate of drug-likeness (QED) is 0.876. The summed E-state index contributed by atoms with van der Waals surface area (Å²) in [5.41, 5.74) is 0.716. The van der Waals surface area contributed by atoms with Crippen molar-refractivity contribution in [2.45, 2.75) is 26.1 Å². The third-order valence-electron chi connectivity index (χ3n) is 2.45. The second-order valence-electron chi connectivity index (χ2n) is 4.13. The third-order valence-corrected chi connectivity index (χ3v) is 3.14. The summed E-state index contributed by atoms with van der Waals surface area (Å²) in [6.45, 7) is 4.10. The summed E-state index contributed by atoms with van der Waals surface area (Å²) in [5.74, 6) is 1.20. The van der Waals surface area contributed by atoms with Crippen LogP contribution in [0.4, 0.5) is 0 Å². The molecule has 0 spiro atoms. The van der Waals surface area contributed by atoms with E-state index in [9.17, 15) is 5.11 Å². The monoisotopic (exact) mass is 318 g/mol. The van der Waals surface area contributed by atoms with Gasteiger partial charge in [0.2, 0.25) is 0 Å². The maximum Gasteiger partial charge on any atom is 0.161 e. The standard InChI is InChI=1S/C13H19BrO4/c1-8(2)18-7-11(15)9-5-12(16-3)13(17-4)6-10(9)14/h5-6,8,11,15H,7H2,1-4H3. The van der Waals surface area contributed by atoms with E-state index in [2.05, 4.69) is 15.9 Å². The predicted molar refractivity (Wildman–Crippen MR) is 73.3 cm³/mol. The summed E-state index contributed by atoms with van der Waals surface area (Å²) >= 11 is 3.41. The molecule has 0 aliphatic rings. The summed E-state index contributed by atoms with van der Waals surface area (Å²) in [6, 6.07) is 3.52. The summed E-state index contributed by atoms with van der Waals surface area (Å²) in [5, 5.41) is 10.1. The number of aliphatic hydroxyl groups is 1. The van der Waals surface area contributed by atoms with Crippen LogP contribution in [0.2, 0.25) is 0 Å². The molecule has 1 aromatic carbocycles. The largest absolute Gasteiger partial charge is 0.493 e. The second-order valence-corrected chi connectivity index (χ2v) is 4.98. The SMILES string of the molecule is COc1cc(Br)c(C(O)COC(C)C)cc1OC. The fourth-order valence-corrected chi connectivity index (χ4v) is 2.09. The zero-order chi connectivity index (χ0) is 13.7. The van der Waals surface area contributed by atoms with E-state index in [4.69, 9.17) is 14.2 Å². The van der Waals surface area contributed by atoms with Gasteiger partial charge in [0.05, 0.1) is 26.9 Å². The Morgan fingerprint density at radius 1 is 1.17 bits per heavy atom. The van der Waals surface area contributed by atoms with Gasteiger partial charge in [-0.3, -0.25) is 0 Å². The van der Waals surface area contributed by atoms with Gasteiger partial charge in [0.1, 0.15) is 6.10 Å². The highest BCUT2D eigenvalue weighted by atomic mass is 79.9. The Kier molecular flexibility index (Phi) is 5.91. The van der Waals surface area contributed by atoms with Crippen molar-refractivity contribution >= 4 is 15.9 Å². The average Bonchev–Trinajstić information content (AvgIpc) is 2.35. The van der Waals surface area contributed by atoms with E-state index in [0.717, 1.165) is 4.47 Å². The number of benzene rings is 1. The number of hydrogen-bond acceptors (Lipinski definition) is 4. The molecule has 0 amide bonds. The second kappa shape index (κ2) is 6.97. The van der Waals surface area contributed by atoms with Crippen molar-refractivity contribution in [3.63, 3.8) is 0 Å². The average molecular weight is 319 g/mol. The van der Waals surface area contributed by atoms with Gasteiger partial charge in [-0.15, -0.1) is 0 Å². The summed E-state index contributed by atoms with van der Waals surface area (Å²) in [6.07, 6.45) is -0.625. The lowest BCUT2D eigenvalue weighted by Gasteiger charge is -2.17. The van der Waals surface area contributed by atoms with Crippen LogP contribution in [-0.2, 0) is 4.74 Å². The topological polar surface area (TPSA) is 47.9 Å². The Balaban J connectivity index is 2.94. The fourth-order valence-electron chi connectivity index (χ4n) is 1.50. The Morgan fingerprint density at radius 3 is 2.22 bits per heavy atom. The highest BCUT2D eigenvalue weighted by Crippen LogP contribution is 2.36. The lowest BCUT2D eigenvalue weighted by Crippen LogP contribution is -2.12. The van der Waals surface area contributed by atoms with Crippen LogP contribution in [0.15, 0.2) is 16.6 Å². The highest BCUT2D eigenvalue weighted by molar-refractivity contribution is 9.10. The van der Waals surface area contributed by atoms with Crippen molar-refractivity contribution in [1.82, 2.24) is 0 Å². The van der Waals surface area contributed by atoms with E-state index >= 15 is 0 Å². The van der Waals surface area contributed by atoms with Gasteiger partial charge in [-0.25, -0.2) is 0 Å². The first kappa shape index (κ1) is 15.3. The lowest BCUT2D eigenvalue weighted by atomic mass is 10.1. The fraction of sp³-hybridized carbons (Fsp3) is 0.538. The molecule has 5 heteroatoms. The number of aliphatic hydroxyl groups excluding tert-OH is 1. The van der Waals surface area contributed by atoms with Gasteiger partial charge in [0, 0.05) is 10.0 Å². The lowest BCUT2D eigenvalue weighted by molar-refractivity contribution is 0.00457. The van der Waals surface area contributed by atoms with E-state index < -0.39 is 6.10 Å². The molecule has 0 heterocycles. The van der Waals surface area contributed by atoms with Gasteiger partial charge in [-0.05, 0) is 26.0 Å². The van der Waals surface area contributed by atoms with Crippen molar-refractivity contribution in [2.24, 2.45) is 0 Å². The van der Waals surface area contributed by atoms with Crippen LogP contribution in [0.5, 0.6) is 11.5 Å². The van der Waals surface area contributed by atoms with Crippen LogP contribution in [0.3, 0.4) is 0 Å². The summed E-state index contributed by atoms with van der Waals surface area (Å²) < 4.78 is 16.6. The molecule has 0 aliphatic carbocycles. The van der Waals surface area contributed by atoms with Crippen LogP contribution in [0.1, 0.15) is 25.5 Å². The third kappa shape index (κ3) is 3.86. The Hall–Kier alpha value is -0.780. The van der Waals surface area contributed by atoms with Crippen LogP contribution in [0.25, 0.3) is 0 Å². The molecule has 1 N–H and O–H groups in total. The zero-order valence-electron chi connectivity index (χ0n) is 11.1. The summed E-state index contributed by atoms with van der Waals surface area (Å²) in [4.78, 5) is 0. The van der Waals surface area contributed by atoms with E-state index in [1.807, 2.05) is 13.8 Å². The molecule has 1 rings (SSSR count). The highest BCUT2D eigenvalue weighted by Gasteiger charge is 2.16. The number of methoxy groups -OCH3 is 2. The Morgan fingerprint density at radius 2 is 1.72 bits per heavy atom. The maximum atomic E-state index is 10.1. The van der Waals surface area contributed by atoms with E-state index in [0.29, 0.717) is 17.1 Å². The molecule has 0 radical (unpaired) electrons. The number of hydrogen-bond donors (Lipinski definition) is 1. The molecule has 1 atom stereocenters. The Labute approximate surface area is 116 Å². The number of ether oxygens (including phenoxy) is 3. The zero-order valence-corrected chi connectivity index (χ0v) is 12.7. The molecule has 1 aromatic rings. The smallest absolute Gasteiger partial charge is 0.161 e. The molecule has 0 bridgehead atoms. The van der Waals surface area contributed by atoms with Crippen molar-refractivity contribution in [3.05, 3.63) is 22.2 Å². The minimum absolute atomic E-state index is 0.0820. The van der Waals surface area contributed by atoms with Gasteiger partial charge in [-0.2, -0.15) is 0 Å². The van der Waals surface area contributed by atoms with Crippen molar-refractivity contribution in [1.29, 1.82) is 0 Å². The molecule has 1 unspecified atom stereocenters.